The normalized spacial score (nSPS) is 22.5. The number of carbonyl (C=O) groups is 1. The van der Waals surface area contributed by atoms with E-state index in [1.54, 1.807) is 24.3 Å². The Hall–Kier alpha value is -2.59. The highest BCUT2D eigenvalue weighted by Crippen LogP contribution is 2.43. The summed E-state index contributed by atoms with van der Waals surface area (Å²) in [4.78, 5) is 12.9. The molecule has 1 saturated heterocycles. The standard InChI is InChI=1S/C27H25ClF3NO4S/c1-15-23(7-4-18-8-16(13-36-24(15)18)10-32-11-19(12-32)26(33)34)35-14-21-9-22(25(37-21)27(29,30)31)17-2-5-20(28)6-3-17/h2-9,15,19,24H,10-14H2,1H3,(H,33,34). The van der Waals surface area contributed by atoms with Gasteiger partial charge in [-0.1, -0.05) is 42.8 Å². The summed E-state index contributed by atoms with van der Waals surface area (Å²) in [7, 11) is 0. The van der Waals surface area contributed by atoms with Gasteiger partial charge < -0.3 is 14.6 Å². The third-order valence-corrected chi connectivity index (χ3v) is 8.21. The van der Waals surface area contributed by atoms with E-state index in [4.69, 9.17) is 26.2 Å². The molecule has 2 unspecified atom stereocenters. The lowest BCUT2D eigenvalue weighted by atomic mass is 9.87. The Kier molecular flexibility index (Phi) is 7.24. The van der Waals surface area contributed by atoms with Gasteiger partial charge >= 0.3 is 12.1 Å². The van der Waals surface area contributed by atoms with E-state index in [0.29, 0.717) is 58.8 Å². The molecule has 10 heteroatoms. The molecule has 1 fully saturated rings. The van der Waals surface area contributed by atoms with Crippen molar-refractivity contribution in [2.24, 2.45) is 11.8 Å². The molecule has 5 nitrogen and oxygen atoms in total. The zero-order valence-corrected chi connectivity index (χ0v) is 21.5. The number of nitrogens with zero attached hydrogens (tertiary/aromatic N) is 1. The third kappa shape index (κ3) is 5.65. The molecule has 2 atom stereocenters. The zero-order chi connectivity index (χ0) is 26.3. The first kappa shape index (κ1) is 26.0. The second kappa shape index (κ2) is 10.3. The highest BCUT2D eigenvalue weighted by atomic mass is 35.5. The molecule has 0 spiro atoms. The lowest BCUT2D eigenvalue weighted by Gasteiger charge is -2.39. The van der Waals surface area contributed by atoms with E-state index >= 15 is 0 Å². The predicted molar refractivity (Wildman–Crippen MR) is 135 cm³/mol. The topological polar surface area (TPSA) is 59.0 Å². The number of rotatable bonds is 7. The molecular formula is C27H25ClF3NO4S. The van der Waals surface area contributed by atoms with Gasteiger partial charge in [-0.25, -0.2) is 0 Å². The number of fused-ring (bicyclic) bond motifs is 1. The molecule has 3 aliphatic rings. The maximum absolute atomic E-state index is 13.7. The third-order valence-electron chi connectivity index (χ3n) is 6.80. The number of hydrogen-bond donors (Lipinski definition) is 1. The van der Waals surface area contributed by atoms with E-state index in [0.717, 1.165) is 11.1 Å². The molecule has 1 aliphatic carbocycles. The van der Waals surface area contributed by atoms with Crippen molar-refractivity contribution < 1.29 is 32.5 Å². The van der Waals surface area contributed by atoms with Crippen LogP contribution in [0.15, 0.2) is 65.5 Å². The van der Waals surface area contributed by atoms with Crippen molar-refractivity contribution >= 4 is 28.9 Å². The number of benzene rings is 1. The lowest BCUT2D eigenvalue weighted by molar-refractivity contribution is -0.147. The Labute approximate surface area is 221 Å². The minimum Gasteiger partial charge on any atom is -0.492 e. The summed E-state index contributed by atoms with van der Waals surface area (Å²) < 4.78 is 53.3. The van der Waals surface area contributed by atoms with Gasteiger partial charge in [0.25, 0.3) is 0 Å². The Morgan fingerprint density at radius 2 is 1.97 bits per heavy atom. The van der Waals surface area contributed by atoms with E-state index in [2.05, 4.69) is 11.0 Å². The molecule has 3 heterocycles. The number of hydrogen-bond acceptors (Lipinski definition) is 5. The van der Waals surface area contributed by atoms with Crippen LogP contribution in [0.2, 0.25) is 5.02 Å². The van der Waals surface area contributed by atoms with Crippen molar-refractivity contribution in [1.29, 1.82) is 0 Å². The number of carboxylic acids is 1. The van der Waals surface area contributed by atoms with Gasteiger partial charge in [0.1, 0.15) is 17.2 Å². The van der Waals surface area contributed by atoms with Crippen molar-refractivity contribution in [3.63, 3.8) is 0 Å². The molecule has 0 bridgehead atoms. The van der Waals surface area contributed by atoms with Gasteiger partial charge in [-0.05, 0) is 41.0 Å². The van der Waals surface area contributed by atoms with Gasteiger partial charge in [0, 0.05) is 41.0 Å². The summed E-state index contributed by atoms with van der Waals surface area (Å²) in [6, 6.07) is 7.84. The second-order valence-electron chi connectivity index (χ2n) is 9.54. The lowest BCUT2D eigenvalue weighted by Crippen LogP contribution is -2.51. The number of ether oxygens (including phenoxy) is 2. The summed E-state index contributed by atoms with van der Waals surface area (Å²) in [5.74, 6) is -0.499. The first-order chi connectivity index (χ1) is 17.6. The molecule has 2 aliphatic heterocycles. The fourth-order valence-electron chi connectivity index (χ4n) is 4.84. The first-order valence-electron chi connectivity index (χ1n) is 11.8. The van der Waals surface area contributed by atoms with Gasteiger partial charge in [0.15, 0.2) is 0 Å². The van der Waals surface area contributed by atoms with Crippen molar-refractivity contribution in [2.45, 2.75) is 25.8 Å². The van der Waals surface area contributed by atoms with E-state index in [1.165, 1.54) is 6.07 Å². The molecule has 0 amide bonds. The van der Waals surface area contributed by atoms with E-state index in [9.17, 15) is 18.0 Å². The summed E-state index contributed by atoms with van der Waals surface area (Å²) >= 11 is 6.59. The SMILES string of the molecule is CC1C(OCc2cc(-c3ccc(Cl)cc3)c(C(F)(F)F)s2)=CC=C2C=C(CN3CC(C(=O)O)C3)COC21. The van der Waals surface area contributed by atoms with Crippen molar-refractivity contribution in [3.8, 4) is 11.1 Å². The van der Waals surface area contributed by atoms with Crippen molar-refractivity contribution in [1.82, 2.24) is 4.90 Å². The molecular weight excluding hydrogens is 527 g/mol. The fourth-order valence-corrected chi connectivity index (χ4v) is 5.93. The van der Waals surface area contributed by atoms with Crippen LogP contribution in [-0.4, -0.2) is 48.3 Å². The van der Waals surface area contributed by atoms with Gasteiger partial charge in [-0.15, -0.1) is 11.3 Å². The molecule has 37 heavy (non-hydrogen) atoms. The highest BCUT2D eigenvalue weighted by Gasteiger charge is 2.37. The average molecular weight is 552 g/mol. The van der Waals surface area contributed by atoms with Gasteiger partial charge in [-0.3, -0.25) is 9.69 Å². The van der Waals surface area contributed by atoms with Gasteiger partial charge in [-0.2, -0.15) is 13.2 Å². The summed E-state index contributed by atoms with van der Waals surface area (Å²) in [6.07, 6.45) is 1.19. The van der Waals surface area contributed by atoms with Gasteiger partial charge in [0.05, 0.1) is 18.6 Å². The summed E-state index contributed by atoms with van der Waals surface area (Å²) in [5, 5.41) is 9.51. The number of aliphatic carboxylic acids is 1. The maximum atomic E-state index is 13.7. The van der Waals surface area contributed by atoms with Crippen molar-refractivity contribution in [2.75, 3.05) is 26.2 Å². The minimum absolute atomic E-state index is 0.0220. The zero-order valence-electron chi connectivity index (χ0n) is 19.9. The Bertz CT molecular complexity index is 1280. The maximum Gasteiger partial charge on any atom is 0.426 e. The van der Waals surface area contributed by atoms with Crippen molar-refractivity contribution in [3.05, 3.63) is 80.2 Å². The Morgan fingerprint density at radius 3 is 2.65 bits per heavy atom. The number of halogens is 4. The van der Waals surface area contributed by atoms with Crippen LogP contribution in [0, 0.1) is 11.8 Å². The van der Waals surface area contributed by atoms with Crippen LogP contribution in [0.25, 0.3) is 11.1 Å². The first-order valence-corrected chi connectivity index (χ1v) is 13.0. The van der Waals surface area contributed by atoms with Crippen LogP contribution in [0.5, 0.6) is 0 Å². The molecule has 196 valence electrons. The predicted octanol–water partition coefficient (Wildman–Crippen LogP) is 6.41. The van der Waals surface area contributed by atoms with Crippen LogP contribution in [0.1, 0.15) is 16.7 Å². The molecule has 1 aromatic carbocycles. The summed E-state index contributed by atoms with van der Waals surface area (Å²) in [5.41, 5.74) is 2.67. The number of thiophene rings is 1. The second-order valence-corrected chi connectivity index (χ2v) is 11.1. The molecule has 0 saturated carbocycles. The Morgan fingerprint density at radius 1 is 1.24 bits per heavy atom. The average Bonchev–Trinajstić information content (AvgIpc) is 3.26. The van der Waals surface area contributed by atoms with E-state index in [1.807, 2.05) is 19.1 Å². The quantitative estimate of drug-likeness (QED) is 0.431. The number of allylic oxidation sites excluding steroid dienone is 2. The van der Waals surface area contributed by atoms with Gasteiger partial charge in [0.2, 0.25) is 0 Å². The smallest absolute Gasteiger partial charge is 0.426 e. The molecule has 0 radical (unpaired) electrons. The van der Waals surface area contributed by atoms with Crippen LogP contribution >= 0.6 is 22.9 Å². The summed E-state index contributed by atoms with van der Waals surface area (Å²) in [6.45, 7) is 4.20. The molecule has 1 N–H and O–H groups in total. The number of alkyl halides is 3. The molecule has 5 rings (SSSR count). The van der Waals surface area contributed by atoms with Crippen LogP contribution < -0.4 is 0 Å². The molecule has 2 aromatic rings. The van der Waals surface area contributed by atoms with E-state index < -0.39 is 17.0 Å². The van der Waals surface area contributed by atoms with Crippen LogP contribution in [0.4, 0.5) is 13.2 Å². The van der Waals surface area contributed by atoms with Crippen LogP contribution in [0.3, 0.4) is 0 Å². The monoisotopic (exact) mass is 551 g/mol. The largest absolute Gasteiger partial charge is 0.492 e. The van der Waals surface area contributed by atoms with Crippen LogP contribution in [-0.2, 0) is 27.1 Å². The minimum atomic E-state index is -4.47. The number of carboxylic acid groups (broad SMARTS) is 1. The highest BCUT2D eigenvalue weighted by molar-refractivity contribution is 7.12. The fraction of sp³-hybridized carbons (Fsp3) is 0.370. The Balaban J connectivity index is 1.27. The number of likely N-dealkylation sites (tertiary alicyclic amines) is 1. The molecule has 1 aromatic heterocycles. The van der Waals surface area contributed by atoms with E-state index in [-0.39, 0.29) is 30.1 Å².